The van der Waals surface area contributed by atoms with E-state index in [0.717, 1.165) is 0 Å². The van der Waals surface area contributed by atoms with Crippen LogP contribution in [0.1, 0.15) is 35.6 Å². The van der Waals surface area contributed by atoms with Gasteiger partial charge < -0.3 is 10.2 Å². The normalized spacial score (nSPS) is 19.0. The summed E-state index contributed by atoms with van der Waals surface area (Å²) in [5.41, 5.74) is 2.16. The van der Waals surface area contributed by atoms with Crippen molar-refractivity contribution in [3.63, 3.8) is 0 Å². The van der Waals surface area contributed by atoms with Gasteiger partial charge in [-0.2, -0.15) is 5.26 Å². The predicted molar refractivity (Wildman–Crippen MR) is 106 cm³/mol. The van der Waals surface area contributed by atoms with Gasteiger partial charge in [-0.1, -0.05) is 24.3 Å². The molecule has 30 heavy (non-hydrogen) atoms. The first-order chi connectivity index (χ1) is 14.4. The van der Waals surface area contributed by atoms with Crippen LogP contribution in [0.3, 0.4) is 0 Å². The van der Waals surface area contributed by atoms with Crippen molar-refractivity contribution >= 4 is 17.6 Å². The minimum absolute atomic E-state index is 0.195. The van der Waals surface area contributed by atoms with Crippen LogP contribution >= 0.6 is 0 Å². The molecule has 8 heteroatoms. The van der Waals surface area contributed by atoms with Crippen LogP contribution in [0.4, 0.5) is 19.3 Å². The number of halogens is 2. The lowest BCUT2D eigenvalue weighted by Gasteiger charge is -2.43. The molecule has 2 aromatic carbocycles. The second-order valence-electron chi connectivity index (χ2n) is 7.13. The minimum Gasteiger partial charge on any atom is -0.352 e. The van der Waals surface area contributed by atoms with Crippen LogP contribution in [-0.4, -0.2) is 30.4 Å². The van der Waals surface area contributed by atoms with Crippen LogP contribution < -0.4 is 10.2 Å². The van der Waals surface area contributed by atoms with E-state index in [9.17, 15) is 18.4 Å². The lowest BCUT2D eigenvalue weighted by atomic mass is 9.89. The third-order valence-corrected chi connectivity index (χ3v) is 5.36. The van der Waals surface area contributed by atoms with Crippen molar-refractivity contribution in [2.45, 2.75) is 18.9 Å². The Balaban J connectivity index is 1.88. The fourth-order valence-electron chi connectivity index (χ4n) is 3.94. The molecule has 0 spiro atoms. The van der Waals surface area contributed by atoms with E-state index >= 15 is 0 Å². The third-order valence-electron chi connectivity index (χ3n) is 5.36. The van der Waals surface area contributed by atoms with Crippen LogP contribution in [-0.2, 0) is 4.79 Å². The molecular formula is C22H18F2N4O2. The maximum Gasteiger partial charge on any atom is 0.329 e. The summed E-state index contributed by atoms with van der Waals surface area (Å²) in [4.78, 5) is 28.9. The van der Waals surface area contributed by atoms with Gasteiger partial charge in [0.1, 0.15) is 0 Å². The molecule has 4 rings (SSSR count). The van der Waals surface area contributed by atoms with Crippen LogP contribution in [0.25, 0.3) is 0 Å². The van der Waals surface area contributed by atoms with E-state index < -0.39 is 18.5 Å². The van der Waals surface area contributed by atoms with Gasteiger partial charge in [0.2, 0.25) is 0 Å². The van der Waals surface area contributed by atoms with E-state index in [2.05, 4.69) is 5.32 Å². The summed E-state index contributed by atoms with van der Waals surface area (Å²) in [6.07, 6.45) is -2.27. The summed E-state index contributed by atoms with van der Waals surface area (Å²) in [6, 6.07) is 13.3. The molecule has 152 valence electrons. The maximum atomic E-state index is 13.3. The highest BCUT2D eigenvalue weighted by molar-refractivity contribution is 6.05. The average molecular weight is 408 g/mol. The number of hydrogen-bond donors (Lipinski definition) is 1. The Morgan fingerprint density at radius 2 is 1.90 bits per heavy atom. The fourth-order valence-corrected chi connectivity index (χ4v) is 3.94. The summed E-state index contributed by atoms with van der Waals surface area (Å²) in [5, 5.41) is 11.8. The van der Waals surface area contributed by atoms with Crippen molar-refractivity contribution < 1.29 is 18.4 Å². The summed E-state index contributed by atoms with van der Waals surface area (Å²) < 4.78 is 26.4. The smallest absolute Gasteiger partial charge is 0.329 e. The monoisotopic (exact) mass is 408 g/mol. The Morgan fingerprint density at radius 1 is 1.17 bits per heavy atom. The third kappa shape index (κ3) is 3.18. The standard InChI is InChI=1S/C22H18F2N4O2/c1-27-19(14-7-5-13(12-25)6-8-14)18-17(9-10-26-21(18)29)28(22(27)30)16-4-2-3-15(11-16)20(23)24/h2-8,11,19-20H,9-10H2,1H3,(H,26,29). The van der Waals surface area contributed by atoms with Crippen molar-refractivity contribution in [1.29, 1.82) is 5.26 Å². The van der Waals surface area contributed by atoms with E-state index in [4.69, 9.17) is 5.26 Å². The van der Waals surface area contributed by atoms with Crippen LogP contribution in [0, 0.1) is 11.3 Å². The fraction of sp³-hybridized carbons (Fsp3) is 0.227. The summed E-state index contributed by atoms with van der Waals surface area (Å²) in [5.74, 6) is -0.306. The van der Waals surface area contributed by atoms with Gasteiger partial charge in [0, 0.05) is 31.3 Å². The molecule has 2 aromatic rings. The molecule has 0 saturated heterocycles. The molecule has 1 atom stereocenters. The number of nitriles is 1. The second kappa shape index (κ2) is 7.59. The van der Waals surface area contributed by atoms with Crippen molar-refractivity contribution in [2.24, 2.45) is 0 Å². The highest BCUT2D eigenvalue weighted by Crippen LogP contribution is 2.41. The Labute approximate surface area is 172 Å². The van der Waals surface area contributed by atoms with Gasteiger partial charge in [0.05, 0.1) is 28.9 Å². The van der Waals surface area contributed by atoms with Crippen LogP contribution in [0.15, 0.2) is 59.8 Å². The van der Waals surface area contributed by atoms with Gasteiger partial charge in [0.15, 0.2) is 0 Å². The predicted octanol–water partition coefficient (Wildman–Crippen LogP) is 3.88. The van der Waals surface area contributed by atoms with Gasteiger partial charge >= 0.3 is 6.03 Å². The first-order valence-electron chi connectivity index (χ1n) is 9.38. The summed E-state index contributed by atoms with van der Waals surface area (Å²) >= 11 is 0. The van der Waals surface area contributed by atoms with Crippen molar-refractivity contribution in [2.75, 3.05) is 18.5 Å². The van der Waals surface area contributed by atoms with Gasteiger partial charge in [0.25, 0.3) is 12.3 Å². The molecule has 3 amide bonds. The zero-order valence-electron chi connectivity index (χ0n) is 16.1. The van der Waals surface area contributed by atoms with Crippen LogP contribution in [0.2, 0.25) is 0 Å². The number of likely N-dealkylation sites (N-methyl/N-ethyl adjacent to an activating group) is 1. The Bertz CT molecular complexity index is 1090. The molecule has 2 aliphatic heterocycles. The number of alkyl halides is 2. The van der Waals surface area contributed by atoms with E-state index in [0.29, 0.717) is 41.1 Å². The number of amides is 3. The zero-order valence-corrected chi connectivity index (χ0v) is 16.1. The van der Waals surface area contributed by atoms with E-state index in [1.54, 1.807) is 37.4 Å². The lowest BCUT2D eigenvalue weighted by Crippen LogP contribution is -2.53. The van der Waals surface area contributed by atoms with Crippen molar-refractivity contribution in [1.82, 2.24) is 10.2 Å². The molecule has 2 aliphatic rings. The van der Waals surface area contributed by atoms with Gasteiger partial charge in [-0.15, -0.1) is 0 Å². The number of nitrogens with one attached hydrogen (secondary N) is 1. The highest BCUT2D eigenvalue weighted by Gasteiger charge is 2.43. The molecule has 6 nitrogen and oxygen atoms in total. The largest absolute Gasteiger partial charge is 0.352 e. The molecule has 0 radical (unpaired) electrons. The number of benzene rings is 2. The van der Waals surface area contributed by atoms with Gasteiger partial charge in [-0.05, 0) is 29.8 Å². The molecule has 0 bridgehead atoms. The topological polar surface area (TPSA) is 76.4 Å². The number of urea groups is 1. The Kier molecular flexibility index (Phi) is 4.96. The molecule has 0 aromatic heterocycles. The van der Waals surface area contributed by atoms with Gasteiger partial charge in [-0.3, -0.25) is 9.69 Å². The number of hydrogen-bond acceptors (Lipinski definition) is 3. The second-order valence-corrected chi connectivity index (χ2v) is 7.13. The molecule has 2 heterocycles. The average Bonchev–Trinajstić information content (AvgIpc) is 2.75. The van der Waals surface area contributed by atoms with Crippen molar-refractivity contribution in [3.05, 3.63) is 76.5 Å². The molecule has 0 aliphatic carbocycles. The zero-order chi connectivity index (χ0) is 21.4. The van der Waals surface area contributed by atoms with E-state index in [1.807, 2.05) is 6.07 Å². The van der Waals surface area contributed by atoms with Crippen molar-refractivity contribution in [3.8, 4) is 6.07 Å². The molecule has 1 N–H and O–H groups in total. The molecule has 1 unspecified atom stereocenters. The summed E-state index contributed by atoms with van der Waals surface area (Å²) in [6.45, 7) is 0.347. The number of carbonyl (C=O) groups is 2. The lowest BCUT2D eigenvalue weighted by molar-refractivity contribution is -0.118. The van der Waals surface area contributed by atoms with Gasteiger partial charge in [-0.25, -0.2) is 13.6 Å². The molecule has 0 fully saturated rings. The number of nitrogens with zero attached hydrogens (tertiary/aromatic N) is 3. The number of rotatable bonds is 3. The Morgan fingerprint density at radius 3 is 2.57 bits per heavy atom. The number of carbonyl (C=O) groups excluding carboxylic acids is 2. The first-order valence-corrected chi connectivity index (χ1v) is 9.38. The van der Waals surface area contributed by atoms with Crippen LogP contribution in [0.5, 0.6) is 0 Å². The minimum atomic E-state index is -2.67. The maximum absolute atomic E-state index is 13.3. The van der Waals surface area contributed by atoms with E-state index in [-0.39, 0.29) is 11.5 Å². The SMILES string of the molecule is CN1C(=O)N(c2cccc(C(F)F)c2)C2=C(C(=O)NCC2)C1c1ccc(C#N)cc1. The molecular weight excluding hydrogens is 390 g/mol. The number of anilines is 1. The highest BCUT2D eigenvalue weighted by atomic mass is 19.3. The first kappa shape index (κ1) is 19.6. The Hall–Kier alpha value is -3.73. The quantitative estimate of drug-likeness (QED) is 0.837. The van der Waals surface area contributed by atoms with E-state index in [1.165, 1.54) is 28.0 Å². The molecule has 0 saturated carbocycles. The summed E-state index contributed by atoms with van der Waals surface area (Å²) in [7, 11) is 1.57.